The molecule has 3 aromatic rings. The Morgan fingerprint density at radius 2 is 1.96 bits per heavy atom. The maximum atomic E-state index is 12.7. The molecule has 0 saturated heterocycles. The van der Waals surface area contributed by atoms with E-state index in [0.717, 1.165) is 24.1 Å². The van der Waals surface area contributed by atoms with Crippen LogP contribution in [0, 0.1) is 12.8 Å². The number of benzene rings is 1. The van der Waals surface area contributed by atoms with Gasteiger partial charge in [-0.1, -0.05) is 12.1 Å². The minimum atomic E-state index is -0.342. The summed E-state index contributed by atoms with van der Waals surface area (Å²) in [5.41, 5.74) is 2.70. The number of hydrogen-bond donors (Lipinski definition) is 3. The molecule has 1 fully saturated rings. The Morgan fingerprint density at radius 3 is 2.64 bits per heavy atom. The molecule has 1 saturated carbocycles. The lowest BCUT2D eigenvalue weighted by Gasteiger charge is -2.09. The topological polar surface area (TPSA) is 109 Å². The molecule has 144 valence electrons. The van der Waals surface area contributed by atoms with E-state index in [4.69, 9.17) is 0 Å². The van der Waals surface area contributed by atoms with Crippen LogP contribution in [0.5, 0.6) is 0 Å². The van der Waals surface area contributed by atoms with Crippen LogP contribution in [0.4, 0.5) is 5.69 Å². The van der Waals surface area contributed by atoms with Gasteiger partial charge in [-0.3, -0.25) is 24.2 Å². The summed E-state index contributed by atoms with van der Waals surface area (Å²) in [5, 5.41) is 8.64. The summed E-state index contributed by atoms with van der Waals surface area (Å²) in [6.45, 7) is 2.09. The van der Waals surface area contributed by atoms with E-state index in [2.05, 4.69) is 20.7 Å². The van der Waals surface area contributed by atoms with Gasteiger partial charge in [-0.05, 0) is 43.5 Å². The van der Waals surface area contributed by atoms with Gasteiger partial charge in [-0.25, -0.2) is 4.98 Å². The normalized spacial score (nSPS) is 13.5. The standard InChI is InChI=1S/C20H21N5O3/c1-11-9-15(16-17(22-11)25(2)24-20(16)28)19(27)21-10-12-3-7-14(8-4-12)23-18(26)13-5-6-13/h3-4,7-9,13H,5-6,10H2,1-2H3,(H,21,27)(H,23,26)(H,24,28). The lowest BCUT2D eigenvalue weighted by atomic mass is 10.1. The van der Waals surface area contributed by atoms with Gasteiger partial charge in [0.2, 0.25) is 5.91 Å². The second-order valence-corrected chi connectivity index (χ2v) is 7.15. The van der Waals surface area contributed by atoms with Crippen molar-refractivity contribution in [1.29, 1.82) is 0 Å². The minimum Gasteiger partial charge on any atom is -0.348 e. The predicted molar refractivity (Wildman–Crippen MR) is 105 cm³/mol. The average molecular weight is 379 g/mol. The molecule has 0 atom stereocenters. The number of H-pyrrole nitrogens is 1. The zero-order chi connectivity index (χ0) is 19.8. The van der Waals surface area contributed by atoms with E-state index >= 15 is 0 Å². The van der Waals surface area contributed by atoms with Crippen molar-refractivity contribution in [3.63, 3.8) is 0 Å². The van der Waals surface area contributed by atoms with Crippen molar-refractivity contribution in [2.45, 2.75) is 26.3 Å². The molecule has 1 aliphatic carbocycles. The summed E-state index contributed by atoms with van der Waals surface area (Å²) < 4.78 is 1.51. The number of aromatic nitrogens is 3. The van der Waals surface area contributed by atoms with Crippen LogP contribution in [0.25, 0.3) is 11.0 Å². The van der Waals surface area contributed by atoms with Gasteiger partial charge in [0, 0.05) is 30.9 Å². The lowest BCUT2D eigenvalue weighted by molar-refractivity contribution is -0.117. The second-order valence-electron chi connectivity index (χ2n) is 7.15. The van der Waals surface area contributed by atoms with Gasteiger partial charge in [0.15, 0.2) is 5.65 Å². The molecule has 2 amide bonds. The van der Waals surface area contributed by atoms with Crippen molar-refractivity contribution < 1.29 is 9.59 Å². The Bertz CT molecular complexity index is 1120. The van der Waals surface area contributed by atoms with E-state index in [-0.39, 0.29) is 28.7 Å². The van der Waals surface area contributed by atoms with Crippen molar-refractivity contribution >= 4 is 28.5 Å². The molecule has 0 spiro atoms. The van der Waals surface area contributed by atoms with Crippen LogP contribution in [0.2, 0.25) is 0 Å². The zero-order valence-electron chi connectivity index (χ0n) is 15.7. The second kappa shape index (κ2) is 6.95. The first kappa shape index (κ1) is 18.0. The highest BCUT2D eigenvalue weighted by Gasteiger charge is 2.29. The van der Waals surface area contributed by atoms with Crippen LogP contribution in [-0.4, -0.2) is 26.6 Å². The molecule has 0 unspecified atom stereocenters. The number of carbonyl (C=O) groups excluding carboxylic acids is 2. The third-order valence-electron chi connectivity index (χ3n) is 4.81. The first-order valence-corrected chi connectivity index (χ1v) is 9.17. The Kier molecular flexibility index (Phi) is 4.46. The summed E-state index contributed by atoms with van der Waals surface area (Å²) in [5.74, 6) is -0.120. The highest BCUT2D eigenvalue weighted by molar-refractivity contribution is 6.05. The van der Waals surface area contributed by atoms with Gasteiger partial charge in [0.25, 0.3) is 11.5 Å². The van der Waals surface area contributed by atoms with Gasteiger partial charge < -0.3 is 10.6 Å². The molecular formula is C20H21N5O3. The predicted octanol–water partition coefficient (Wildman–Crippen LogP) is 1.85. The van der Waals surface area contributed by atoms with Crippen LogP contribution in [0.3, 0.4) is 0 Å². The molecule has 0 bridgehead atoms. The molecule has 2 aromatic heterocycles. The molecule has 2 heterocycles. The number of aromatic amines is 1. The highest BCUT2D eigenvalue weighted by Crippen LogP contribution is 2.30. The number of anilines is 1. The number of nitrogens with zero attached hydrogens (tertiary/aromatic N) is 2. The third-order valence-corrected chi connectivity index (χ3v) is 4.81. The summed E-state index contributed by atoms with van der Waals surface area (Å²) >= 11 is 0. The van der Waals surface area contributed by atoms with Gasteiger partial charge in [-0.15, -0.1) is 0 Å². The molecule has 28 heavy (non-hydrogen) atoms. The monoisotopic (exact) mass is 379 g/mol. The molecule has 4 rings (SSSR count). The maximum Gasteiger partial charge on any atom is 0.274 e. The van der Waals surface area contributed by atoms with Crippen molar-refractivity contribution in [2.24, 2.45) is 13.0 Å². The summed E-state index contributed by atoms with van der Waals surface area (Å²) in [6.07, 6.45) is 1.92. The van der Waals surface area contributed by atoms with Gasteiger partial charge in [-0.2, -0.15) is 0 Å². The average Bonchev–Trinajstić information content (AvgIpc) is 3.47. The Hall–Kier alpha value is -3.42. The van der Waals surface area contributed by atoms with Crippen LogP contribution >= 0.6 is 0 Å². The number of amides is 2. The molecule has 0 radical (unpaired) electrons. The molecule has 1 aliphatic rings. The summed E-state index contributed by atoms with van der Waals surface area (Å²) in [4.78, 5) is 41.0. The third kappa shape index (κ3) is 3.53. The first-order valence-electron chi connectivity index (χ1n) is 9.17. The molecular weight excluding hydrogens is 358 g/mol. The Morgan fingerprint density at radius 1 is 1.25 bits per heavy atom. The molecule has 8 heteroatoms. The van der Waals surface area contributed by atoms with Gasteiger partial charge >= 0.3 is 0 Å². The van der Waals surface area contributed by atoms with Gasteiger partial charge in [0.1, 0.15) is 0 Å². The number of fused-ring (bicyclic) bond motifs is 1. The molecule has 8 nitrogen and oxygen atoms in total. The number of carbonyl (C=O) groups is 2. The largest absolute Gasteiger partial charge is 0.348 e. The molecule has 1 aromatic carbocycles. The fourth-order valence-electron chi connectivity index (χ4n) is 3.14. The van der Waals surface area contributed by atoms with Crippen molar-refractivity contribution in [1.82, 2.24) is 20.1 Å². The summed E-state index contributed by atoms with van der Waals surface area (Å²) in [7, 11) is 1.68. The van der Waals surface area contributed by atoms with E-state index in [0.29, 0.717) is 23.4 Å². The maximum absolute atomic E-state index is 12.7. The van der Waals surface area contributed by atoms with Gasteiger partial charge in [0.05, 0.1) is 10.9 Å². The highest BCUT2D eigenvalue weighted by atomic mass is 16.2. The van der Waals surface area contributed by atoms with Crippen LogP contribution in [0.15, 0.2) is 35.1 Å². The van der Waals surface area contributed by atoms with Crippen molar-refractivity contribution in [3.05, 3.63) is 57.5 Å². The molecule has 3 N–H and O–H groups in total. The minimum absolute atomic E-state index is 0.0613. The first-order chi connectivity index (χ1) is 13.4. The number of pyridine rings is 1. The van der Waals surface area contributed by atoms with E-state index in [1.165, 1.54) is 4.68 Å². The van der Waals surface area contributed by atoms with Crippen LogP contribution < -0.4 is 16.2 Å². The smallest absolute Gasteiger partial charge is 0.274 e. The summed E-state index contributed by atoms with van der Waals surface area (Å²) in [6, 6.07) is 8.96. The number of nitrogens with one attached hydrogen (secondary N) is 3. The number of hydrogen-bond acceptors (Lipinski definition) is 4. The fourth-order valence-corrected chi connectivity index (χ4v) is 3.14. The van der Waals surface area contributed by atoms with Crippen LogP contribution in [0.1, 0.15) is 34.5 Å². The quantitative estimate of drug-likeness (QED) is 0.628. The number of rotatable bonds is 5. The SMILES string of the molecule is Cc1cc(C(=O)NCc2ccc(NC(=O)C3CC3)cc2)c2c(=O)[nH]n(C)c2n1. The zero-order valence-corrected chi connectivity index (χ0v) is 15.7. The molecule has 0 aliphatic heterocycles. The van der Waals surface area contributed by atoms with E-state index in [9.17, 15) is 14.4 Å². The van der Waals surface area contributed by atoms with Crippen molar-refractivity contribution in [3.8, 4) is 0 Å². The van der Waals surface area contributed by atoms with E-state index in [1.54, 1.807) is 20.0 Å². The Labute approximate surface area is 160 Å². The number of aryl methyl sites for hydroxylation is 2. The fraction of sp³-hybridized carbons (Fsp3) is 0.300. The Balaban J connectivity index is 1.46. The van der Waals surface area contributed by atoms with Crippen LogP contribution in [-0.2, 0) is 18.4 Å². The lowest BCUT2D eigenvalue weighted by Crippen LogP contribution is -2.24. The van der Waals surface area contributed by atoms with E-state index < -0.39 is 0 Å². The van der Waals surface area contributed by atoms with E-state index in [1.807, 2.05) is 24.3 Å². The van der Waals surface area contributed by atoms with Crippen molar-refractivity contribution in [2.75, 3.05) is 5.32 Å².